The fraction of sp³-hybridized carbons (Fsp3) is 0.227. The Labute approximate surface area is 191 Å². The molecule has 0 fully saturated rings. The van der Waals surface area contributed by atoms with Crippen molar-refractivity contribution in [3.63, 3.8) is 0 Å². The molecule has 0 aliphatic heterocycles. The summed E-state index contributed by atoms with van der Waals surface area (Å²) in [7, 11) is 0. The van der Waals surface area contributed by atoms with Crippen LogP contribution in [-0.4, -0.2) is 22.5 Å². The van der Waals surface area contributed by atoms with Gasteiger partial charge in [0.2, 0.25) is 0 Å². The largest absolute Gasteiger partial charge is 0.488 e. The molecule has 0 radical (unpaired) electrons. The highest BCUT2D eigenvalue weighted by molar-refractivity contribution is 14.1. The number of nitrogens with zero attached hydrogens (tertiary/aromatic N) is 3. The molecule has 150 valence electrons. The summed E-state index contributed by atoms with van der Waals surface area (Å²) < 4.78 is 8.82. The Morgan fingerprint density at radius 1 is 1.34 bits per heavy atom. The molecule has 0 saturated heterocycles. The van der Waals surface area contributed by atoms with E-state index in [1.807, 2.05) is 37.3 Å². The predicted octanol–water partition coefficient (Wildman–Crippen LogP) is 5.72. The van der Waals surface area contributed by atoms with Gasteiger partial charge in [0.15, 0.2) is 0 Å². The lowest BCUT2D eigenvalue weighted by Gasteiger charge is -2.14. The molecule has 0 N–H and O–H groups in total. The summed E-state index contributed by atoms with van der Waals surface area (Å²) in [5, 5.41) is 5.03. The lowest BCUT2D eigenvalue weighted by molar-refractivity contribution is 0.360. The Morgan fingerprint density at radius 2 is 2.14 bits per heavy atom. The number of rotatable bonds is 7. The Morgan fingerprint density at radius 3 is 2.83 bits per heavy atom. The van der Waals surface area contributed by atoms with E-state index >= 15 is 0 Å². The van der Waals surface area contributed by atoms with E-state index in [2.05, 4.69) is 57.1 Å². The van der Waals surface area contributed by atoms with Crippen molar-refractivity contribution in [2.45, 2.75) is 26.2 Å². The summed E-state index contributed by atoms with van der Waals surface area (Å²) in [5.74, 6) is 1.55. The van der Waals surface area contributed by atoms with E-state index in [-0.39, 0.29) is 11.5 Å². The molecule has 1 atom stereocenters. The number of benzene rings is 2. The van der Waals surface area contributed by atoms with Crippen molar-refractivity contribution in [2.75, 3.05) is 6.61 Å². The second kappa shape index (κ2) is 9.67. The van der Waals surface area contributed by atoms with Gasteiger partial charge in [-0.05, 0) is 71.0 Å². The normalized spacial score (nSPS) is 12.4. The fourth-order valence-electron chi connectivity index (χ4n) is 2.77. The first kappa shape index (κ1) is 21.7. The van der Waals surface area contributed by atoms with E-state index in [1.54, 1.807) is 18.4 Å². The molecule has 3 rings (SSSR count). The lowest BCUT2D eigenvalue weighted by Crippen LogP contribution is -2.23. The average Bonchev–Trinajstić information content (AvgIpc) is 2.72. The Kier molecular flexibility index (Phi) is 7.23. The first-order valence-electron chi connectivity index (χ1n) is 9.24. The van der Waals surface area contributed by atoms with Crippen LogP contribution < -0.4 is 10.3 Å². The zero-order valence-corrected chi connectivity index (χ0v) is 20.0. The third-order valence-corrected chi connectivity index (χ3v) is 5.86. The van der Waals surface area contributed by atoms with Crippen LogP contribution in [0.4, 0.5) is 0 Å². The first-order valence-corrected chi connectivity index (χ1v) is 11.1. The smallest absolute Gasteiger partial charge is 0.282 e. The average molecular weight is 566 g/mol. The quantitative estimate of drug-likeness (QED) is 0.209. The number of ether oxygens (including phenoxy) is 1. The monoisotopic (exact) mass is 565 g/mol. The number of aromatic nitrogens is 2. The molecular weight excluding hydrogens is 545 g/mol. The van der Waals surface area contributed by atoms with Crippen LogP contribution in [0.15, 0.2) is 63.4 Å². The van der Waals surface area contributed by atoms with Gasteiger partial charge < -0.3 is 4.74 Å². The maximum atomic E-state index is 13.1. The van der Waals surface area contributed by atoms with Crippen molar-refractivity contribution < 1.29 is 4.74 Å². The van der Waals surface area contributed by atoms with Gasteiger partial charge in [-0.1, -0.05) is 42.4 Å². The van der Waals surface area contributed by atoms with E-state index < -0.39 is 0 Å². The zero-order valence-electron chi connectivity index (χ0n) is 16.2. The summed E-state index contributed by atoms with van der Waals surface area (Å²) in [6.45, 7) is 8.23. The van der Waals surface area contributed by atoms with Crippen LogP contribution in [-0.2, 0) is 0 Å². The molecule has 0 aliphatic carbocycles. The third kappa shape index (κ3) is 4.95. The second-order valence-corrected chi connectivity index (χ2v) is 8.67. The van der Waals surface area contributed by atoms with E-state index in [9.17, 15) is 4.79 Å². The fourth-order valence-corrected chi connectivity index (χ4v) is 3.82. The van der Waals surface area contributed by atoms with Gasteiger partial charge in [-0.2, -0.15) is 9.78 Å². The Hall–Kier alpha value is -2.00. The molecule has 7 heteroatoms. The molecule has 1 aromatic heterocycles. The van der Waals surface area contributed by atoms with Crippen LogP contribution in [0.2, 0.25) is 0 Å². The van der Waals surface area contributed by atoms with Crippen LogP contribution in [0.1, 0.15) is 37.6 Å². The van der Waals surface area contributed by atoms with Crippen LogP contribution in [0.25, 0.3) is 10.9 Å². The van der Waals surface area contributed by atoms with E-state index in [4.69, 9.17) is 9.72 Å². The van der Waals surface area contributed by atoms with Crippen LogP contribution >= 0.6 is 38.5 Å². The maximum Gasteiger partial charge on any atom is 0.282 e. The molecule has 0 saturated carbocycles. The van der Waals surface area contributed by atoms with Crippen molar-refractivity contribution >= 4 is 55.6 Å². The number of hydrogen-bond acceptors (Lipinski definition) is 4. The molecule has 3 aromatic rings. The van der Waals surface area contributed by atoms with Gasteiger partial charge in [-0.15, -0.1) is 0 Å². The zero-order chi connectivity index (χ0) is 21.0. The second-order valence-electron chi connectivity index (χ2n) is 6.59. The summed E-state index contributed by atoms with van der Waals surface area (Å²) >= 11 is 5.65. The van der Waals surface area contributed by atoms with E-state index in [0.29, 0.717) is 23.3 Å². The van der Waals surface area contributed by atoms with Crippen LogP contribution in [0.5, 0.6) is 5.75 Å². The van der Waals surface area contributed by atoms with E-state index in [1.165, 1.54) is 4.68 Å². The minimum atomic E-state index is -0.177. The molecule has 0 aliphatic rings. The van der Waals surface area contributed by atoms with Crippen LogP contribution in [0, 0.1) is 3.57 Å². The summed E-state index contributed by atoms with van der Waals surface area (Å²) in [4.78, 5) is 17.9. The molecule has 29 heavy (non-hydrogen) atoms. The summed E-state index contributed by atoms with van der Waals surface area (Å²) in [5.41, 5.74) is 1.37. The molecular formula is C22H21BrIN3O2. The number of fused-ring (bicyclic) bond motifs is 1. The highest BCUT2D eigenvalue weighted by Crippen LogP contribution is 2.23. The lowest BCUT2D eigenvalue weighted by atomic mass is 10.1. The Bertz CT molecular complexity index is 1140. The summed E-state index contributed by atoms with van der Waals surface area (Å²) in [6, 6.07) is 11.3. The van der Waals surface area contributed by atoms with Gasteiger partial charge in [-0.3, -0.25) is 4.79 Å². The predicted molar refractivity (Wildman–Crippen MR) is 130 cm³/mol. The topological polar surface area (TPSA) is 56.5 Å². The van der Waals surface area contributed by atoms with Gasteiger partial charge in [-0.25, -0.2) is 4.98 Å². The van der Waals surface area contributed by atoms with Crippen molar-refractivity contribution in [2.24, 2.45) is 5.10 Å². The van der Waals surface area contributed by atoms with Gasteiger partial charge in [0.25, 0.3) is 5.56 Å². The molecule has 0 amide bonds. The molecule has 5 nitrogen and oxygen atoms in total. The first-order chi connectivity index (χ1) is 13.9. The van der Waals surface area contributed by atoms with Crippen molar-refractivity contribution in [1.82, 2.24) is 9.66 Å². The highest BCUT2D eigenvalue weighted by atomic mass is 127. The van der Waals surface area contributed by atoms with Gasteiger partial charge >= 0.3 is 0 Å². The minimum absolute atomic E-state index is 0.0997. The van der Waals surface area contributed by atoms with Gasteiger partial charge in [0.1, 0.15) is 18.2 Å². The Balaban J connectivity index is 2.06. The molecule has 0 bridgehead atoms. The molecule has 0 unspecified atom stereocenters. The number of halogens is 2. The van der Waals surface area contributed by atoms with Crippen molar-refractivity contribution in [3.05, 3.63) is 78.8 Å². The van der Waals surface area contributed by atoms with Crippen molar-refractivity contribution in [1.29, 1.82) is 0 Å². The van der Waals surface area contributed by atoms with Crippen LogP contribution in [0.3, 0.4) is 0 Å². The molecule has 0 spiro atoms. The minimum Gasteiger partial charge on any atom is -0.488 e. The molecule has 1 heterocycles. The van der Waals surface area contributed by atoms with Gasteiger partial charge in [0.05, 0.1) is 20.7 Å². The van der Waals surface area contributed by atoms with Gasteiger partial charge in [0, 0.05) is 10.4 Å². The number of hydrogen-bond donors (Lipinski definition) is 0. The maximum absolute atomic E-state index is 13.1. The standard InChI is InChI=1S/C22H21BrIN3O2/c1-4-10-29-20-9-6-15(11-18(20)24)13-25-27-21(14(3)5-2)26-19-8-7-16(23)12-17(19)22(27)28/h4,6-9,11-14H,1,5,10H2,2-3H3/t14-/m1/s1. The van der Waals surface area contributed by atoms with Crippen molar-refractivity contribution in [3.8, 4) is 5.75 Å². The molecule has 2 aromatic carbocycles. The van der Waals surface area contributed by atoms with E-state index in [0.717, 1.165) is 25.8 Å². The third-order valence-electron chi connectivity index (χ3n) is 4.52. The highest BCUT2D eigenvalue weighted by Gasteiger charge is 2.15. The summed E-state index contributed by atoms with van der Waals surface area (Å²) in [6.07, 6.45) is 4.24. The SMILES string of the molecule is C=CCOc1ccc(C=Nn2c([C@H](C)CC)nc3ccc(Br)cc3c2=O)cc1I.